The Morgan fingerprint density at radius 1 is 1.37 bits per heavy atom. The van der Waals surface area contributed by atoms with Crippen molar-refractivity contribution in [2.24, 2.45) is 5.73 Å². The van der Waals surface area contributed by atoms with Crippen molar-refractivity contribution in [2.75, 3.05) is 24.5 Å². The van der Waals surface area contributed by atoms with Gasteiger partial charge >= 0.3 is 6.03 Å². The van der Waals surface area contributed by atoms with E-state index in [0.717, 1.165) is 25.3 Å². The first kappa shape index (κ1) is 13.4. The number of nitrogens with two attached hydrogens (primary N) is 1. The Morgan fingerprint density at radius 3 is 2.95 bits per heavy atom. The lowest BCUT2D eigenvalue weighted by Crippen LogP contribution is -2.38. The van der Waals surface area contributed by atoms with Crippen molar-refractivity contribution in [1.82, 2.24) is 10.6 Å². The molecule has 0 aliphatic carbocycles. The summed E-state index contributed by atoms with van der Waals surface area (Å²) in [4.78, 5) is 24.2. The molecule has 0 atom stereocenters. The second-order valence-corrected chi connectivity index (χ2v) is 4.45. The Hall–Kier alpha value is -2.08. The maximum atomic E-state index is 11.4. The monoisotopic (exact) mass is 262 g/mol. The van der Waals surface area contributed by atoms with E-state index >= 15 is 0 Å². The molecule has 4 N–H and O–H groups in total. The van der Waals surface area contributed by atoms with Crippen LogP contribution in [0.3, 0.4) is 0 Å². The van der Waals surface area contributed by atoms with Crippen LogP contribution >= 0.6 is 0 Å². The fourth-order valence-corrected chi connectivity index (χ4v) is 2.20. The van der Waals surface area contributed by atoms with Gasteiger partial charge in [0.25, 0.3) is 0 Å². The molecular weight excluding hydrogens is 244 g/mol. The van der Waals surface area contributed by atoms with E-state index < -0.39 is 6.03 Å². The van der Waals surface area contributed by atoms with Crippen LogP contribution in [0.25, 0.3) is 0 Å². The van der Waals surface area contributed by atoms with Crippen molar-refractivity contribution in [3.63, 3.8) is 0 Å². The molecule has 102 valence electrons. The minimum absolute atomic E-state index is 0.247. The summed E-state index contributed by atoms with van der Waals surface area (Å²) in [5.74, 6) is -0.345. The third-order valence-corrected chi connectivity index (χ3v) is 3.08. The number of para-hydroxylation sites is 1. The van der Waals surface area contributed by atoms with Crippen molar-refractivity contribution >= 4 is 17.6 Å². The molecule has 1 aromatic rings. The Morgan fingerprint density at radius 2 is 2.16 bits per heavy atom. The second kappa shape index (κ2) is 6.19. The van der Waals surface area contributed by atoms with Gasteiger partial charge in [0.1, 0.15) is 0 Å². The SMILES string of the molecule is NC(=O)NC(=O)CCN1CCNCc2ccccc21. The number of nitrogens with one attached hydrogen (secondary N) is 2. The van der Waals surface area contributed by atoms with E-state index in [4.69, 9.17) is 5.73 Å². The molecule has 1 aliphatic heterocycles. The number of primary amides is 1. The summed E-state index contributed by atoms with van der Waals surface area (Å²) in [6, 6.07) is 7.31. The first-order chi connectivity index (χ1) is 9.16. The van der Waals surface area contributed by atoms with E-state index in [9.17, 15) is 9.59 Å². The van der Waals surface area contributed by atoms with Crippen molar-refractivity contribution in [3.8, 4) is 0 Å². The molecule has 2 rings (SSSR count). The predicted molar refractivity (Wildman–Crippen MR) is 72.7 cm³/mol. The smallest absolute Gasteiger partial charge is 0.318 e. The lowest BCUT2D eigenvalue weighted by atomic mass is 10.1. The van der Waals surface area contributed by atoms with Gasteiger partial charge in [-0.05, 0) is 11.6 Å². The molecule has 6 heteroatoms. The molecule has 0 saturated carbocycles. The number of hydrogen-bond acceptors (Lipinski definition) is 4. The first-order valence-electron chi connectivity index (χ1n) is 6.29. The van der Waals surface area contributed by atoms with Crippen molar-refractivity contribution in [1.29, 1.82) is 0 Å². The van der Waals surface area contributed by atoms with Gasteiger partial charge in [0.2, 0.25) is 5.91 Å². The third kappa shape index (κ3) is 3.69. The molecule has 0 spiro atoms. The van der Waals surface area contributed by atoms with Gasteiger partial charge in [-0.2, -0.15) is 0 Å². The van der Waals surface area contributed by atoms with E-state index in [2.05, 4.69) is 21.6 Å². The lowest BCUT2D eigenvalue weighted by Gasteiger charge is -2.24. The minimum atomic E-state index is -0.803. The zero-order valence-corrected chi connectivity index (χ0v) is 10.7. The quantitative estimate of drug-likeness (QED) is 0.725. The number of rotatable bonds is 3. The molecule has 0 fully saturated rings. The molecular formula is C13H18N4O2. The number of benzene rings is 1. The average molecular weight is 262 g/mol. The second-order valence-electron chi connectivity index (χ2n) is 4.45. The Balaban J connectivity index is 2.00. The van der Waals surface area contributed by atoms with Crippen LogP contribution in [0.5, 0.6) is 0 Å². The summed E-state index contributed by atoms with van der Waals surface area (Å²) < 4.78 is 0. The summed E-state index contributed by atoms with van der Waals surface area (Å²) in [5.41, 5.74) is 7.27. The standard InChI is InChI=1S/C13H18N4O2/c14-13(19)16-12(18)5-7-17-8-6-15-9-10-3-1-2-4-11(10)17/h1-4,15H,5-9H2,(H3,14,16,18,19). The number of urea groups is 1. The van der Waals surface area contributed by atoms with Crippen LogP contribution in [-0.4, -0.2) is 31.6 Å². The van der Waals surface area contributed by atoms with Gasteiger partial charge in [0.15, 0.2) is 0 Å². The Bertz CT molecular complexity index is 475. The average Bonchev–Trinajstić information content (AvgIpc) is 2.58. The number of fused-ring (bicyclic) bond motifs is 1. The topological polar surface area (TPSA) is 87.5 Å². The highest BCUT2D eigenvalue weighted by molar-refractivity contribution is 5.93. The van der Waals surface area contributed by atoms with Gasteiger partial charge < -0.3 is 16.0 Å². The fourth-order valence-electron chi connectivity index (χ4n) is 2.20. The van der Waals surface area contributed by atoms with Gasteiger partial charge in [-0.25, -0.2) is 4.79 Å². The molecule has 19 heavy (non-hydrogen) atoms. The van der Waals surface area contributed by atoms with Crippen molar-refractivity contribution < 1.29 is 9.59 Å². The van der Waals surface area contributed by atoms with E-state index in [1.54, 1.807) is 0 Å². The summed E-state index contributed by atoms with van der Waals surface area (Å²) in [6.45, 7) is 3.10. The Labute approximate surface area is 112 Å². The maximum absolute atomic E-state index is 11.4. The van der Waals surface area contributed by atoms with Crippen LogP contribution < -0.4 is 21.3 Å². The molecule has 0 aromatic heterocycles. The fraction of sp³-hybridized carbons (Fsp3) is 0.385. The number of imide groups is 1. The normalized spacial score (nSPS) is 14.4. The molecule has 0 bridgehead atoms. The largest absolute Gasteiger partial charge is 0.369 e. The zero-order chi connectivity index (χ0) is 13.7. The molecule has 0 unspecified atom stereocenters. The maximum Gasteiger partial charge on any atom is 0.318 e. The predicted octanol–water partition coefficient (Wildman–Crippen LogP) is 0.181. The minimum Gasteiger partial charge on any atom is -0.369 e. The van der Waals surface area contributed by atoms with Gasteiger partial charge in [0, 0.05) is 38.3 Å². The number of hydrogen-bond donors (Lipinski definition) is 3. The van der Waals surface area contributed by atoms with Crippen molar-refractivity contribution in [2.45, 2.75) is 13.0 Å². The molecule has 6 nitrogen and oxygen atoms in total. The molecule has 3 amide bonds. The molecule has 1 aliphatic rings. The van der Waals surface area contributed by atoms with Gasteiger partial charge in [-0.15, -0.1) is 0 Å². The van der Waals surface area contributed by atoms with Crippen LogP contribution in [0.1, 0.15) is 12.0 Å². The molecule has 0 saturated heterocycles. The van der Waals surface area contributed by atoms with Crippen LogP contribution in [0, 0.1) is 0 Å². The number of carbonyl (C=O) groups is 2. The number of anilines is 1. The van der Waals surface area contributed by atoms with Crippen molar-refractivity contribution in [3.05, 3.63) is 29.8 Å². The van der Waals surface area contributed by atoms with Crippen LogP contribution in [-0.2, 0) is 11.3 Å². The molecule has 1 heterocycles. The number of nitrogens with zero attached hydrogens (tertiary/aromatic N) is 1. The van der Waals surface area contributed by atoms with E-state index in [1.807, 2.05) is 18.2 Å². The number of carbonyl (C=O) groups excluding carboxylic acids is 2. The van der Waals surface area contributed by atoms with Gasteiger partial charge in [-0.1, -0.05) is 18.2 Å². The van der Waals surface area contributed by atoms with E-state index in [1.165, 1.54) is 5.56 Å². The lowest BCUT2D eigenvalue weighted by molar-refractivity contribution is -0.119. The zero-order valence-electron chi connectivity index (χ0n) is 10.7. The summed E-state index contributed by atoms with van der Waals surface area (Å²) >= 11 is 0. The van der Waals surface area contributed by atoms with Gasteiger partial charge in [0.05, 0.1) is 0 Å². The summed E-state index contributed by atoms with van der Waals surface area (Å²) in [7, 11) is 0. The van der Waals surface area contributed by atoms with Crippen LogP contribution in [0.4, 0.5) is 10.5 Å². The van der Waals surface area contributed by atoms with Crippen LogP contribution in [0.15, 0.2) is 24.3 Å². The van der Waals surface area contributed by atoms with E-state index in [-0.39, 0.29) is 12.3 Å². The van der Waals surface area contributed by atoms with Gasteiger partial charge in [-0.3, -0.25) is 10.1 Å². The Kier molecular flexibility index (Phi) is 4.35. The number of amides is 3. The highest BCUT2D eigenvalue weighted by Crippen LogP contribution is 2.21. The van der Waals surface area contributed by atoms with Crippen LogP contribution in [0.2, 0.25) is 0 Å². The highest BCUT2D eigenvalue weighted by atomic mass is 16.2. The molecule has 0 radical (unpaired) electrons. The molecule has 1 aromatic carbocycles. The van der Waals surface area contributed by atoms with E-state index in [0.29, 0.717) is 6.54 Å². The first-order valence-corrected chi connectivity index (χ1v) is 6.29. The third-order valence-electron chi connectivity index (χ3n) is 3.08. The summed E-state index contributed by atoms with van der Waals surface area (Å²) in [5, 5.41) is 5.42. The summed E-state index contributed by atoms with van der Waals surface area (Å²) in [6.07, 6.45) is 0.247. The highest BCUT2D eigenvalue weighted by Gasteiger charge is 2.15.